The van der Waals surface area contributed by atoms with E-state index in [1.807, 2.05) is 0 Å². The van der Waals surface area contributed by atoms with E-state index in [9.17, 15) is 0 Å². The van der Waals surface area contributed by atoms with Crippen molar-refractivity contribution in [2.45, 2.75) is 161 Å². The Morgan fingerprint density at radius 3 is 1.92 bits per heavy atom. The smallest absolute Gasteiger partial charge is 0.205 e. The number of benzene rings is 5. The highest BCUT2D eigenvalue weighted by Crippen LogP contribution is 2.62. The molecule has 3 nitrogen and oxygen atoms in total. The van der Waals surface area contributed by atoms with Gasteiger partial charge in [0, 0.05) is 33.8 Å². The number of hydrogen-bond donors (Lipinski definition) is 0. The van der Waals surface area contributed by atoms with E-state index in [1.54, 1.807) is 0 Å². The summed E-state index contributed by atoms with van der Waals surface area (Å²) in [5.74, 6) is 0.838. The van der Waals surface area contributed by atoms with Crippen molar-refractivity contribution in [3.8, 4) is 11.1 Å². The van der Waals surface area contributed by atoms with E-state index < -0.39 is 0 Å². The third-order valence-corrected chi connectivity index (χ3v) is 15.4. The third-order valence-electron chi connectivity index (χ3n) is 15.4. The van der Waals surface area contributed by atoms with Crippen LogP contribution in [0.2, 0.25) is 0 Å². The topological polar surface area (TPSA) is 19.6 Å². The summed E-state index contributed by atoms with van der Waals surface area (Å²) < 4.78 is 7.20. The molecule has 0 saturated heterocycles. The van der Waals surface area contributed by atoms with Gasteiger partial charge in [-0.1, -0.05) is 138 Å². The van der Waals surface area contributed by atoms with Gasteiger partial charge in [0.25, 0.3) is 0 Å². The molecule has 2 atom stereocenters. The molecule has 2 unspecified atom stereocenters. The van der Waals surface area contributed by atoms with E-state index in [0.717, 1.165) is 34.6 Å². The molecule has 0 N–H and O–H groups in total. The summed E-state index contributed by atoms with van der Waals surface area (Å²) in [6.45, 7) is 31.0. The minimum atomic E-state index is -0.0679. The summed E-state index contributed by atoms with van der Waals surface area (Å²) >= 11 is 0. The van der Waals surface area contributed by atoms with Crippen molar-refractivity contribution in [2.24, 2.45) is 0 Å². The number of hydrogen-bond acceptors (Lipinski definition) is 3. The second-order valence-electron chi connectivity index (χ2n) is 22.6. The number of nitrogens with zero attached hydrogens (tertiary/aromatic N) is 2. The fourth-order valence-electron chi connectivity index (χ4n) is 11.2. The van der Waals surface area contributed by atoms with Gasteiger partial charge in [0.1, 0.15) is 5.58 Å². The van der Waals surface area contributed by atoms with E-state index in [1.165, 1.54) is 88.0 Å². The molecule has 0 radical (unpaired) electrons. The lowest BCUT2D eigenvalue weighted by Crippen LogP contribution is -2.54. The van der Waals surface area contributed by atoms with Gasteiger partial charge in [0.05, 0.1) is 16.9 Å². The lowest BCUT2D eigenvalue weighted by molar-refractivity contribution is 0.195. The van der Waals surface area contributed by atoms with Crippen LogP contribution in [0.5, 0.6) is 0 Å². The zero-order chi connectivity index (χ0) is 42.8. The van der Waals surface area contributed by atoms with Gasteiger partial charge in [0.2, 0.25) is 5.88 Å². The molecule has 0 bridgehead atoms. The van der Waals surface area contributed by atoms with E-state index >= 15 is 0 Å². The first kappa shape index (κ1) is 40.6. The van der Waals surface area contributed by atoms with E-state index in [4.69, 9.17) is 4.42 Å². The van der Waals surface area contributed by atoms with E-state index in [-0.39, 0.29) is 32.6 Å². The average molecular weight is 797 g/mol. The minimum Gasteiger partial charge on any atom is -0.440 e. The summed E-state index contributed by atoms with van der Waals surface area (Å²) in [6, 6.07) is 39.8. The maximum Gasteiger partial charge on any atom is 0.205 e. The van der Waals surface area contributed by atoms with Crippen molar-refractivity contribution >= 4 is 39.6 Å². The Morgan fingerprint density at radius 2 is 1.23 bits per heavy atom. The standard InChI is InChI=1S/C57H68N2O/c1-37-29-42(35-43(30-37)59-49-24-22-41(53(5,6)7)34-47(49)56(12)25-17-18-26-57(56,59)13)58(48-23-21-40(52(2,3)4)33-44(48)38-19-15-14-16-20-38)51-32-39-31-45-46(36-50(39)60-51)55(10,11)28-27-54(45,8)9/h14-16,19-24,29-36H,17-18,25-28H2,1-13H3. The molecule has 5 aromatic carbocycles. The molecular weight excluding hydrogens is 729 g/mol. The molecule has 312 valence electrons. The lowest BCUT2D eigenvalue weighted by atomic mass is 9.61. The number of fused-ring (bicyclic) bond motifs is 5. The third kappa shape index (κ3) is 6.44. The van der Waals surface area contributed by atoms with E-state index in [2.05, 4.69) is 203 Å². The molecule has 0 amide bonds. The molecule has 1 saturated carbocycles. The molecule has 3 aliphatic rings. The Kier molecular flexibility index (Phi) is 9.23. The van der Waals surface area contributed by atoms with Gasteiger partial charge in [-0.25, -0.2) is 0 Å². The van der Waals surface area contributed by atoms with Crippen LogP contribution in [-0.4, -0.2) is 5.54 Å². The SMILES string of the molecule is Cc1cc(N(c2cc3cc4c(cc3o2)C(C)(C)CCC4(C)C)c2ccc(C(C)(C)C)cc2-c2ccccc2)cc(N2c3ccc(C(C)(C)C)cc3C3(C)CCCCC23C)c1. The minimum absolute atomic E-state index is 0.0144. The molecule has 60 heavy (non-hydrogen) atoms. The zero-order valence-corrected chi connectivity index (χ0v) is 38.9. The summed E-state index contributed by atoms with van der Waals surface area (Å²) in [6.07, 6.45) is 7.20. The van der Waals surface area contributed by atoms with Crippen LogP contribution in [0.1, 0.15) is 155 Å². The number of furan rings is 1. The van der Waals surface area contributed by atoms with Crippen molar-refractivity contribution in [3.63, 3.8) is 0 Å². The fraction of sp³-hybridized carbons (Fsp3) is 0.439. The van der Waals surface area contributed by atoms with Crippen LogP contribution in [0.15, 0.2) is 108 Å². The van der Waals surface area contributed by atoms with Crippen molar-refractivity contribution in [3.05, 3.63) is 137 Å². The summed E-state index contributed by atoms with van der Waals surface area (Å²) in [7, 11) is 0. The quantitative estimate of drug-likeness (QED) is 0.173. The van der Waals surface area contributed by atoms with Crippen LogP contribution in [0, 0.1) is 6.92 Å². The Labute approximate surface area is 361 Å². The molecule has 1 aromatic heterocycles. The van der Waals surface area contributed by atoms with Gasteiger partial charge in [0.15, 0.2) is 0 Å². The number of rotatable bonds is 5. The van der Waals surface area contributed by atoms with Gasteiger partial charge in [-0.2, -0.15) is 0 Å². The van der Waals surface area contributed by atoms with Crippen LogP contribution in [0.3, 0.4) is 0 Å². The maximum atomic E-state index is 7.20. The molecule has 2 heterocycles. The van der Waals surface area contributed by atoms with Gasteiger partial charge in [-0.15, -0.1) is 0 Å². The monoisotopic (exact) mass is 797 g/mol. The van der Waals surface area contributed by atoms with E-state index in [0.29, 0.717) is 0 Å². The Bertz CT molecular complexity index is 2570. The second kappa shape index (κ2) is 13.6. The fourth-order valence-corrected chi connectivity index (χ4v) is 11.2. The van der Waals surface area contributed by atoms with Crippen molar-refractivity contribution < 1.29 is 4.42 Å². The highest BCUT2D eigenvalue weighted by atomic mass is 16.4. The lowest BCUT2D eigenvalue weighted by Gasteiger charge is -2.50. The molecule has 0 spiro atoms. The van der Waals surface area contributed by atoms with Crippen LogP contribution in [0.4, 0.5) is 28.6 Å². The van der Waals surface area contributed by atoms with Crippen LogP contribution < -0.4 is 9.80 Å². The zero-order valence-electron chi connectivity index (χ0n) is 38.9. The average Bonchev–Trinajstić information content (AvgIpc) is 3.68. The Hall–Kier alpha value is -4.76. The molecule has 1 aliphatic heterocycles. The Morgan fingerprint density at radius 1 is 0.600 bits per heavy atom. The predicted octanol–water partition coefficient (Wildman–Crippen LogP) is 16.6. The first-order chi connectivity index (χ1) is 28.1. The molecule has 1 fully saturated rings. The van der Waals surface area contributed by atoms with Gasteiger partial charge < -0.3 is 9.32 Å². The predicted molar refractivity (Wildman–Crippen MR) is 257 cm³/mol. The normalized spacial score (nSPS) is 22.1. The van der Waals surface area contributed by atoms with Gasteiger partial charge >= 0.3 is 0 Å². The molecular formula is C57H68N2O. The van der Waals surface area contributed by atoms with Crippen LogP contribution in [0.25, 0.3) is 22.1 Å². The largest absolute Gasteiger partial charge is 0.440 e. The first-order valence-electron chi connectivity index (χ1n) is 22.8. The highest BCUT2D eigenvalue weighted by Gasteiger charge is 2.58. The molecule has 6 aromatic rings. The van der Waals surface area contributed by atoms with Crippen molar-refractivity contribution in [2.75, 3.05) is 9.80 Å². The maximum absolute atomic E-state index is 7.20. The first-order valence-corrected chi connectivity index (χ1v) is 22.8. The van der Waals surface area contributed by atoms with Gasteiger partial charge in [-0.05, 0) is 149 Å². The summed E-state index contributed by atoms with van der Waals surface area (Å²) in [4.78, 5) is 5.16. The van der Waals surface area contributed by atoms with Gasteiger partial charge in [-0.3, -0.25) is 4.90 Å². The summed E-state index contributed by atoms with van der Waals surface area (Å²) in [5, 5.41) is 1.16. The van der Waals surface area contributed by atoms with Crippen LogP contribution in [-0.2, 0) is 27.1 Å². The number of aryl methyl sites for hydroxylation is 1. The highest BCUT2D eigenvalue weighted by molar-refractivity contribution is 5.93. The Balaban J connectivity index is 1.30. The van der Waals surface area contributed by atoms with Crippen molar-refractivity contribution in [1.82, 2.24) is 0 Å². The summed E-state index contributed by atoms with van der Waals surface area (Å²) in [5.41, 5.74) is 16.7. The molecule has 9 rings (SSSR count). The molecule has 3 heteroatoms. The van der Waals surface area contributed by atoms with Crippen LogP contribution >= 0.6 is 0 Å². The molecule has 2 aliphatic carbocycles. The number of anilines is 5. The second-order valence-corrected chi connectivity index (χ2v) is 22.6. The van der Waals surface area contributed by atoms with Crippen molar-refractivity contribution in [1.29, 1.82) is 0 Å².